The van der Waals surface area contributed by atoms with E-state index in [1.54, 1.807) is 18.2 Å². The average molecular weight is 698 g/mol. The fourth-order valence-corrected chi connectivity index (χ4v) is 6.73. The van der Waals surface area contributed by atoms with Gasteiger partial charge in [-0.3, -0.25) is 24.0 Å². The normalized spacial score (nSPS) is 12.5. The molecule has 2 atom stereocenters. The number of carbonyl (C=O) groups is 2. The Morgan fingerprint density at radius 3 is 2.19 bits per heavy atom. The summed E-state index contributed by atoms with van der Waals surface area (Å²) in [5.41, 5.74) is 0.795. The fourth-order valence-electron chi connectivity index (χ4n) is 4.84. The van der Waals surface area contributed by atoms with Crippen molar-refractivity contribution in [2.45, 2.75) is 50.2 Å². The van der Waals surface area contributed by atoms with E-state index in [-0.39, 0.29) is 40.3 Å². The highest BCUT2D eigenvalue weighted by molar-refractivity contribution is 7.92. The summed E-state index contributed by atoms with van der Waals surface area (Å²) in [7, 11) is -4.42. The van der Waals surface area contributed by atoms with E-state index in [4.69, 9.17) is 23.2 Å². The maximum atomic E-state index is 14.5. The number of halogens is 2. The molecule has 0 bridgehead atoms. The van der Waals surface area contributed by atoms with Crippen LogP contribution in [0, 0.1) is 10.1 Å². The van der Waals surface area contributed by atoms with Gasteiger partial charge in [-0.05, 0) is 54.8 Å². The van der Waals surface area contributed by atoms with E-state index < -0.39 is 39.3 Å². The molecule has 0 fully saturated rings. The number of rotatable bonds is 14. The van der Waals surface area contributed by atoms with Crippen LogP contribution in [0.25, 0.3) is 0 Å². The van der Waals surface area contributed by atoms with Crippen LogP contribution in [0.3, 0.4) is 0 Å². The van der Waals surface area contributed by atoms with Gasteiger partial charge in [0.2, 0.25) is 11.8 Å². The standard InChI is InChI=1S/C34H34Cl2N4O6S/c1-3-24(2)37-34(42)32(19-25-11-6-4-7-12-25)38(22-26-17-18-27(35)20-31(26)36)33(41)23-39(28-13-10-14-29(21-28)40(43)44)47(45,46)30-15-8-5-9-16-30/h4-18,20-21,24,32H,3,19,22-23H2,1-2H3,(H,37,42)/t24-,32-/m0/s1. The number of hydrogen-bond donors (Lipinski definition) is 1. The Bertz CT molecular complexity index is 1830. The van der Waals surface area contributed by atoms with Crippen LogP contribution in [0.5, 0.6) is 0 Å². The van der Waals surface area contributed by atoms with Crippen LogP contribution < -0.4 is 9.62 Å². The van der Waals surface area contributed by atoms with Gasteiger partial charge in [0.05, 0.1) is 15.5 Å². The first-order valence-corrected chi connectivity index (χ1v) is 17.0. The Hall–Kier alpha value is -4.45. The number of anilines is 1. The van der Waals surface area contributed by atoms with Crippen molar-refractivity contribution in [1.29, 1.82) is 0 Å². The number of nitrogens with zero attached hydrogens (tertiary/aromatic N) is 3. The third-order valence-corrected chi connectivity index (χ3v) is 9.94. The average Bonchev–Trinajstić information content (AvgIpc) is 3.06. The van der Waals surface area contributed by atoms with Crippen molar-refractivity contribution in [3.05, 3.63) is 134 Å². The molecule has 0 aromatic heterocycles. The molecule has 0 heterocycles. The van der Waals surface area contributed by atoms with Crippen molar-refractivity contribution in [2.24, 2.45) is 0 Å². The highest BCUT2D eigenvalue weighted by Crippen LogP contribution is 2.29. The molecule has 0 aliphatic rings. The van der Waals surface area contributed by atoms with E-state index in [0.29, 0.717) is 17.0 Å². The lowest BCUT2D eigenvalue weighted by Gasteiger charge is -2.34. The second-order valence-electron chi connectivity index (χ2n) is 10.9. The van der Waals surface area contributed by atoms with E-state index in [9.17, 15) is 28.1 Å². The van der Waals surface area contributed by atoms with Gasteiger partial charge in [0, 0.05) is 41.2 Å². The molecule has 0 radical (unpaired) electrons. The summed E-state index contributed by atoms with van der Waals surface area (Å²) in [4.78, 5) is 40.6. The fraction of sp³-hybridized carbons (Fsp3) is 0.235. The van der Waals surface area contributed by atoms with Crippen molar-refractivity contribution in [3.8, 4) is 0 Å². The molecule has 0 aliphatic heterocycles. The Morgan fingerprint density at radius 2 is 1.57 bits per heavy atom. The van der Waals surface area contributed by atoms with Gasteiger partial charge in [-0.25, -0.2) is 8.42 Å². The number of nitrogens with one attached hydrogen (secondary N) is 1. The monoisotopic (exact) mass is 696 g/mol. The molecule has 0 saturated heterocycles. The summed E-state index contributed by atoms with van der Waals surface area (Å²) >= 11 is 12.7. The van der Waals surface area contributed by atoms with Gasteiger partial charge in [0.1, 0.15) is 12.6 Å². The molecule has 0 aliphatic carbocycles. The smallest absolute Gasteiger partial charge is 0.271 e. The molecule has 4 aromatic carbocycles. The zero-order chi connectivity index (χ0) is 34.1. The second-order valence-corrected chi connectivity index (χ2v) is 13.6. The van der Waals surface area contributed by atoms with Gasteiger partial charge >= 0.3 is 0 Å². The van der Waals surface area contributed by atoms with Crippen molar-refractivity contribution < 1.29 is 22.9 Å². The highest BCUT2D eigenvalue weighted by Gasteiger charge is 2.35. The summed E-state index contributed by atoms with van der Waals surface area (Å²) in [6.45, 7) is 2.83. The lowest BCUT2D eigenvalue weighted by atomic mass is 10.0. The SMILES string of the molecule is CC[C@H](C)NC(=O)[C@H](Cc1ccccc1)N(Cc1ccc(Cl)cc1Cl)C(=O)CN(c1cccc([N+](=O)[O-])c1)S(=O)(=O)c1ccccc1. The van der Waals surface area contributed by atoms with Gasteiger partial charge in [0.25, 0.3) is 15.7 Å². The van der Waals surface area contributed by atoms with Gasteiger partial charge in [-0.1, -0.05) is 90.8 Å². The number of nitro benzene ring substituents is 1. The van der Waals surface area contributed by atoms with Crippen LogP contribution in [-0.2, 0) is 32.6 Å². The molecule has 10 nitrogen and oxygen atoms in total. The number of sulfonamides is 1. The number of hydrogen-bond acceptors (Lipinski definition) is 6. The zero-order valence-electron chi connectivity index (χ0n) is 25.8. The third-order valence-electron chi connectivity index (χ3n) is 7.57. The van der Waals surface area contributed by atoms with Crippen molar-refractivity contribution >= 4 is 56.4 Å². The quantitative estimate of drug-likeness (QED) is 0.116. The van der Waals surface area contributed by atoms with Crippen LogP contribution in [0.1, 0.15) is 31.4 Å². The minimum atomic E-state index is -4.42. The lowest BCUT2D eigenvalue weighted by molar-refractivity contribution is -0.384. The third kappa shape index (κ3) is 9.09. The number of nitro groups is 1. The van der Waals surface area contributed by atoms with Crippen LogP contribution >= 0.6 is 23.2 Å². The maximum Gasteiger partial charge on any atom is 0.271 e. The molecule has 4 aromatic rings. The molecule has 0 spiro atoms. The molecule has 246 valence electrons. The summed E-state index contributed by atoms with van der Waals surface area (Å²) in [6, 6.07) is 25.1. The summed E-state index contributed by atoms with van der Waals surface area (Å²) in [6.07, 6.45) is 0.749. The largest absolute Gasteiger partial charge is 0.352 e. The predicted molar refractivity (Wildman–Crippen MR) is 183 cm³/mol. The van der Waals surface area contributed by atoms with Crippen LogP contribution in [0.15, 0.2) is 108 Å². The van der Waals surface area contributed by atoms with Crippen molar-refractivity contribution in [2.75, 3.05) is 10.8 Å². The van der Waals surface area contributed by atoms with Crippen molar-refractivity contribution in [3.63, 3.8) is 0 Å². The molecule has 13 heteroatoms. The Morgan fingerprint density at radius 1 is 0.915 bits per heavy atom. The summed E-state index contributed by atoms with van der Waals surface area (Å²) in [5.74, 6) is -1.17. The number of amides is 2. The van der Waals surface area contributed by atoms with E-state index in [1.165, 1.54) is 53.4 Å². The lowest BCUT2D eigenvalue weighted by Crippen LogP contribution is -2.54. The minimum absolute atomic E-state index is 0.0930. The molecule has 2 amide bonds. The van der Waals surface area contributed by atoms with E-state index >= 15 is 0 Å². The molecule has 4 rings (SSSR count). The van der Waals surface area contributed by atoms with Gasteiger partial charge in [-0.2, -0.15) is 0 Å². The van der Waals surface area contributed by atoms with Crippen molar-refractivity contribution in [1.82, 2.24) is 10.2 Å². The second kappa shape index (κ2) is 15.9. The minimum Gasteiger partial charge on any atom is -0.352 e. The highest BCUT2D eigenvalue weighted by atomic mass is 35.5. The topological polar surface area (TPSA) is 130 Å². The molecule has 0 saturated carbocycles. The van der Waals surface area contributed by atoms with E-state index in [2.05, 4.69) is 5.32 Å². The Balaban J connectivity index is 1.85. The van der Waals surface area contributed by atoms with Crippen LogP contribution in [0.4, 0.5) is 11.4 Å². The number of non-ortho nitro benzene ring substituents is 1. The summed E-state index contributed by atoms with van der Waals surface area (Å²) in [5, 5.41) is 15.2. The van der Waals surface area contributed by atoms with E-state index in [0.717, 1.165) is 15.9 Å². The first-order valence-electron chi connectivity index (χ1n) is 14.8. The Kier molecular flexibility index (Phi) is 12.0. The Labute approximate surface area is 284 Å². The predicted octanol–water partition coefficient (Wildman–Crippen LogP) is 6.65. The molecule has 0 unspecified atom stereocenters. The zero-order valence-corrected chi connectivity index (χ0v) is 28.1. The first-order chi connectivity index (χ1) is 22.4. The molecular weight excluding hydrogens is 663 g/mol. The van der Waals surface area contributed by atoms with Crippen LogP contribution in [0.2, 0.25) is 10.0 Å². The molecule has 1 N–H and O–H groups in total. The van der Waals surface area contributed by atoms with Gasteiger partial charge < -0.3 is 10.2 Å². The number of carbonyl (C=O) groups excluding carboxylic acids is 2. The first kappa shape index (κ1) is 35.4. The van der Waals surface area contributed by atoms with E-state index in [1.807, 2.05) is 44.2 Å². The van der Waals surface area contributed by atoms with Gasteiger partial charge in [0.15, 0.2) is 0 Å². The molecule has 47 heavy (non-hydrogen) atoms. The van der Waals surface area contributed by atoms with Crippen LogP contribution in [-0.4, -0.2) is 48.7 Å². The maximum absolute atomic E-state index is 14.5. The number of benzene rings is 4. The molecular formula is C34H34Cl2N4O6S. The summed E-state index contributed by atoms with van der Waals surface area (Å²) < 4.78 is 29.0. The van der Waals surface area contributed by atoms with Gasteiger partial charge in [-0.15, -0.1) is 0 Å².